The number of esters is 1. The van der Waals surface area contributed by atoms with E-state index in [9.17, 15) is 28.8 Å². The molecular formula is C22H29N3O8. The van der Waals surface area contributed by atoms with Crippen LogP contribution in [0.5, 0.6) is 0 Å². The normalized spacial score (nSPS) is 26.3. The predicted octanol–water partition coefficient (Wildman–Crippen LogP) is 0.956. The molecule has 33 heavy (non-hydrogen) atoms. The number of amides is 4. The average Bonchev–Trinajstić information content (AvgIpc) is 3.27. The van der Waals surface area contributed by atoms with Crippen LogP contribution >= 0.6 is 0 Å². The summed E-state index contributed by atoms with van der Waals surface area (Å²) in [5, 5.41) is 8.88. The number of likely N-dealkylation sites (tertiary alicyclic amines) is 1. The standard InChI is InChI=1S/C22H29N3O8/c23-12-2-1-3-15(20(30)33-21(31)32)14-8-10-22(11-9-14,25-18(28)6-7-19(25)29)13-24-16(26)4-5-17(24)27/h4-5,14-15H,1-3,6-13,23H2,(H,31,32). The molecule has 11 nitrogen and oxygen atoms in total. The summed E-state index contributed by atoms with van der Waals surface area (Å²) in [5.41, 5.74) is 4.49. The maximum Gasteiger partial charge on any atom is 0.513 e. The number of carbonyl (C=O) groups is 6. The highest BCUT2D eigenvalue weighted by Crippen LogP contribution is 2.43. The lowest BCUT2D eigenvalue weighted by Crippen LogP contribution is -2.60. The van der Waals surface area contributed by atoms with Crippen molar-refractivity contribution in [3.63, 3.8) is 0 Å². The second-order valence-corrected chi connectivity index (χ2v) is 8.86. The summed E-state index contributed by atoms with van der Waals surface area (Å²) >= 11 is 0. The first-order valence-corrected chi connectivity index (χ1v) is 11.2. The molecule has 0 aromatic rings. The molecule has 1 aliphatic carbocycles. The highest BCUT2D eigenvalue weighted by molar-refractivity contribution is 6.13. The molecule has 2 fully saturated rings. The van der Waals surface area contributed by atoms with Gasteiger partial charge in [0.2, 0.25) is 11.8 Å². The fourth-order valence-corrected chi connectivity index (χ4v) is 5.24. The van der Waals surface area contributed by atoms with Crippen LogP contribution in [0.25, 0.3) is 0 Å². The highest BCUT2D eigenvalue weighted by atomic mass is 16.7. The summed E-state index contributed by atoms with van der Waals surface area (Å²) < 4.78 is 4.44. The quantitative estimate of drug-likeness (QED) is 0.219. The van der Waals surface area contributed by atoms with Gasteiger partial charge in [-0.15, -0.1) is 0 Å². The Kier molecular flexibility index (Phi) is 7.62. The molecule has 1 atom stereocenters. The third kappa shape index (κ3) is 5.29. The van der Waals surface area contributed by atoms with Crippen LogP contribution in [0.3, 0.4) is 0 Å². The van der Waals surface area contributed by atoms with Crippen molar-refractivity contribution in [2.24, 2.45) is 17.6 Å². The Hall–Kier alpha value is -3.08. The van der Waals surface area contributed by atoms with E-state index in [2.05, 4.69) is 4.74 Å². The molecule has 2 aliphatic heterocycles. The van der Waals surface area contributed by atoms with E-state index in [1.54, 1.807) is 0 Å². The number of carboxylic acid groups (broad SMARTS) is 1. The molecule has 0 bridgehead atoms. The third-order valence-corrected chi connectivity index (χ3v) is 6.87. The maximum absolute atomic E-state index is 12.6. The van der Waals surface area contributed by atoms with Gasteiger partial charge in [-0.25, -0.2) is 4.79 Å². The van der Waals surface area contributed by atoms with Gasteiger partial charge in [-0.1, -0.05) is 6.42 Å². The maximum atomic E-state index is 12.6. The molecule has 4 amide bonds. The van der Waals surface area contributed by atoms with Crippen molar-refractivity contribution in [2.45, 2.75) is 63.3 Å². The van der Waals surface area contributed by atoms with E-state index >= 15 is 0 Å². The molecule has 2 heterocycles. The number of imide groups is 2. The summed E-state index contributed by atoms with van der Waals surface area (Å²) in [5.74, 6) is -3.37. The number of ether oxygens (including phenoxy) is 1. The second-order valence-electron chi connectivity index (χ2n) is 8.86. The number of hydrogen-bond donors (Lipinski definition) is 2. The molecule has 1 unspecified atom stereocenters. The zero-order chi connectivity index (χ0) is 24.2. The van der Waals surface area contributed by atoms with Crippen molar-refractivity contribution < 1.29 is 38.6 Å². The highest BCUT2D eigenvalue weighted by Gasteiger charge is 2.51. The van der Waals surface area contributed by atoms with Crippen molar-refractivity contribution >= 4 is 35.8 Å². The predicted molar refractivity (Wildman–Crippen MR) is 112 cm³/mol. The van der Waals surface area contributed by atoms with E-state index in [1.165, 1.54) is 4.90 Å². The number of nitrogens with zero attached hydrogens (tertiary/aromatic N) is 2. The monoisotopic (exact) mass is 463 g/mol. The van der Waals surface area contributed by atoms with Gasteiger partial charge >= 0.3 is 12.1 Å². The topological polar surface area (TPSA) is 164 Å². The SMILES string of the molecule is NCCCCC(C(=O)OC(=O)O)C1CCC(CN2C(=O)C=CC2=O)(N2C(=O)CCC2=O)CC1. The molecule has 3 rings (SSSR count). The Morgan fingerprint density at radius 3 is 2.15 bits per heavy atom. The van der Waals surface area contributed by atoms with Gasteiger partial charge in [0.15, 0.2) is 0 Å². The molecule has 0 radical (unpaired) electrons. The van der Waals surface area contributed by atoms with Gasteiger partial charge in [0.25, 0.3) is 11.8 Å². The van der Waals surface area contributed by atoms with Gasteiger partial charge in [0.05, 0.1) is 18.0 Å². The Labute approximate surface area is 190 Å². The van der Waals surface area contributed by atoms with Crippen LogP contribution < -0.4 is 5.73 Å². The van der Waals surface area contributed by atoms with Crippen LogP contribution in [-0.4, -0.2) is 69.3 Å². The first-order valence-electron chi connectivity index (χ1n) is 11.2. The Morgan fingerprint density at radius 1 is 1.06 bits per heavy atom. The smallest absolute Gasteiger partial charge is 0.449 e. The van der Waals surface area contributed by atoms with Gasteiger partial charge in [-0.05, 0) is 51.0 Å². The summed E-state index contributed by atoms with van der Waals surface area (Å²) in [6.45, 7) is 0.346. The van der Waals surface area contributed by atoms with Gasteiger partial charge in [-0.2, -0.15) is 0 Å². The van der Waals surface area contributed by atoms with Crippen LogP contribution in [0.15, 0.2) is 12.2 Å². The van der Waals surface area contributed by atoms with Crippen molar-refractivity contribution in [1.82, 2.24) is 9.80 Å². The lowest BCUT2D eigenvalue weighted by molar-refractivity contribution is -0.155. The second kappa shape index (κ2) is 10.2. The lowest BCUT2D eigenvalue weighted by atomic mass is 9.70. The number of unbranched alkanes of at least 4 members (excludes halogenated alkanes) is 1. The van der Waals surface area contributed by atoms with E-state index in [4.69, 9.17) is 10.8 Å². The molecular weight excluding hydrogens is 434 g/mol. The van der Waals surface area contributed by atoms with Crippen molar-refractivity contribution in [2.75, 3.05) is 13.1 Å². The van der Waals surface area contributed by atoms with E-state index in [0.717, 1.165) is 17.1 Å². The first kappa shape index (κ1) is 24.6. The zero-order valence-electron chi connectivity index (χ0n) is 18.4. The van der Waals surface area contributed by atoms with E-state index in [0.29, 0.717) is 51.5 Å². The summed E-state index contributed by atoms with van der Waals surface area (Å²) in [7, 11) is 0. The van der Waals surface area contributed by atoms with Crippen LogP contribution in [0.1, 0.15) is 57.8 Å². The van der Waals surface area contributed by atoms with Crippen molar-refractivity contribution in [3.8, 4) is 0 Å². The van der Waals surface area contributed by atoms with Crippen LogP contribution in [-0.2, 0) is 28.7 Å². The summed E-state index contributed by atoms with van der Waals surface area (Å²) in [6, 6.07) is 0. The lowest BCUT2D eigenvalue weighted by Gasteiger charge is -2.47. The van der Waals surface area contributed by atoms with Crippen molar-refractivity contribution in [1.29, 1.82) is 0 Å². The molecule has 3 N–H and O–H groups in total. The molecule has 1 saturated heterocycles. The van der Waals surface area contributed by atoms with Crippen LogP contribution in [0.2, 0.25) is 0 Å². The Balaban J connectivity index is 1.80. The van der Waals surface area contributed by atoms with E-state index in [-0.39, 0.29) is 37.1 Å². The number of rotatable bonds is 9. The minimum atomic E-state index is -1.67. The molecule has 0 spiro atoms. The van der Waals surface area contributed by atoms with Gasteiger partial charge in [0.1, 0.15) is 0 Å². The fraction of sp³-hybridized carbons (Fsp3) is 0.636. The van der Waals surface area contributed by atoms with E-state index < -0.39 is 35.4 Å². The van der Waals surface area contributed by atoms with Gasteiger partial charge in [-0.3, -0.25) is 33.8 Å². The van der Waals surface area contributed by atoms with Crippen molar-refractivity contribution in [3.05, 3.63) is 12.2 Å². The number of hydrogen-bond acceptors (Lipinski definition) is 8. The largest absolute Gasteiger partial charge is 0.513 e. The first-order chi connectivity index (χ1) is 15.7. The minimum Gasteiger partial charge on any atom is -0.449 e. The summed E-state index contributed by atoms with van der Waals surface area (Å²) in [6.07, 6.45) is 3.92. The number of nitrogens with two attached hydrogens (primary N) is 1. The zero-order valence-corrected chi connectivity index (χ0v) is 18.4. The number of carbonyl (C=O) groups excluding carboxylic acids is 5. The van der Waals surface area contributed by atoms with Gasteiger partial charge < -0.3 is 15.6 Å². The third-order valence-electron chi connectivity index (χ3n) is 6.87. The molecule has 180 valence electrons. The fourth-order valence-electron chi connectivity index (χ4n) is 5.24. The molecule has 0 aromatic carbocycles. The van der Waals surface area contributed by atoms with Crippen LogP contribution in [0, 0.1) is 11.8 Å². The Bertz CT molecular complexity index is 841. The average molecular weight is 463 g/mol. The summed E-state index contributed by atoms with van der Waals surface area (Å²) in [4.78, 5) is 75.2. The van der Waals surface area contributed by atoms with Crippen LogP contribution in [0.4, 0.5) is 4.79 Å². The van der Waals surface area contributed by atoms with E-state index in [1.807, 2.05) is 0 Å². The molecule has 0 aromatic heterocycles. The molecule has 1 saturated carbocycles. The van der Waals surface area contributed by atoms with Gasteiger partial charge in [0, 0.05) is 25.0 Å². The molecule has 11 heteroatoms. The molecule has 3 aliphatic rings. The minimum absolute atomic E-state index is 0.0802. The Morgan fingerprint density at radius 2 is 1.64 bits per heavy atom.